The molecule has 0 amide bonds. The van der Waals surface area contributed by atoms with E-state index in [1.807, 2.05) is 42.6 Å². The molecule has 0 aliphatic rings. The Hall–Kier alpha value is -1.71. The van der Waals surface area contributed by atoms with E-state index in [-0.39, 0.29) is 0 Å². The van der Waals surface area contributed by atoms with Crippen molar-refractivity contribution in [3.05, 3.63) is 65.5 Å². The fourth-order valence-corrected chi connectivity index (χ4v) is 1.52. The Morgan fingerprint density at radius 1 is 1.18 bits per heavy atom. The summed E-state index contributed by atoms with van der Waals surface area (Å²) in [5, 5.41) is 0. The Kier molecular flexibility index (Phi) is 4.24. The predicted octanol–water partition coefficient (Wildman–Crippen LogP) is 2.61. The van der Waals surface area contributed by atoms with Crippen molar-refractivity contribution in [2.24, 2.45) is 0 Å². The van der Waals surface area contributed by atoms with Gasteiger partial charge in [-0.15, -0.1) is 0 Å². The van der Waals surface area contributed by atoms with Gasteiger partial charge >= 0.3 is 0 Å². The van der Waals surface area contributed by atoms with Gasteiger partial charge in [0.05, 0.1) is 6.61 Å². The van der Waals surface area contributed by atoms with Crippen LogP contribution in [0.5, 0.6) is 0 Å². The molecule has 0 radical (unpaired) electrons. The topological polar surface area (TPSA) is 34.2 Å². The van der Waals surface area contributed by atoms with Gasteiger partial charge in [0.15, 0.2) is 0 Å². The molecule has 0 aliphatic carbocycles. The lowest BCUT2D eigenvalue weighted by Gasteiger charge is -2.07. The van der Waals surface area contributed by atoms with E-state index in [2.05, 4.69) is 17.4 Å². The third-order valence-electron chi connectivity index (χ3n) is 2.59. The summed E-state index contributed by atoms with van der Waals surface area (Å²) in [7, 11) is 0. The summed E-state index contributed by atoms with van der Waals surface area (Å²) in [6, 6.07) is 12.1. The van der Waals surface area contributed by atoms with Crippen LogP contribution >= 0.6 is 0 Å². The van der Waals surface area contributed by atoms with Gasteiger partial charge in [-0.25, -0.2) is 0 Å². The SMILES string of the molecule is Cc1ccncc1CNOCc1ccccc1. The van der Waals surface area contributed by atoms with E-state index >= 15 is 0 Å². The first-order valence-electron chi connectivity index (χ1n) is 5.64. The molecule has 1 aromatic heterocycles. The highest BCUT2D eigenvalue weighted by molar-refractivity contribution is 5.20. The number of nitrogens with one attached hydrogen (secondary N) is 1. The maximum atomic E-state index is 5.40. The Labute approximate surface area is 101 Å². The van der Waals surface area contributed by atoms with Crippen molar-refractivity contribution in [1.29, 1.82) is 0 Å². The molecule has 0 unspecified atom stereocenters. The lowest BCUT2D eigenvalue weighted by molar-refractivity contribution is 0.0233. The second-order valence-electron chi connectivity index (χ2n) is 3.90. The molecular formula is C14H16N2O. The maximum Gasteiger partial charge on any atom is 0.0933 e. The van der Waals surface area contributed by atoms with Crippen LogP contribution in [-0.2, 0) is 18.0 Å². The molecule has 1 heterocycles. The smallest absolute Gasteiger partial charge is 0.0933 e. The summed E-state index contributed by atoms with van der Waals surface area (Å²) in [6.07, 6.45) is 3.65. The van der Waals surface area contributed by atoms with Crippen LogP contribution in [0.4, 0.5) is 0 Å². The normalized spacial score (nSPS) is 10.4. The van der Waals surface area contributed by atoms with Gasteiger partial charge in [0.1, 0.15) is 0 Å². The van der Waals surface area contributed by atoms with Crippen LogP contribution in [0.25, 0.3) is 0 Å². The minimum atomic E-state index is 0.570. The average Bonchev–Trinajstić information content (AvgIpc) is 2.38. The van der Waals surface area contributed by atoms with Crippen molar-refractivity contribution < 1.29 is 4.84 Å². The van der Waals surface area contributed by atoms with Crippen LogP contribution in [0.15, 0.2) is 48.8 Å². The van der Waals surface area contributed by atoms with Gasteiger partial charge in [-0.05, 0) is 29.7 Å². The second-order valence-corrected chi connectivity index (χ2v) is 3.90. The lowest BCUT2D eigenvalue weighted by Crippen LogP contribution is -2.14. The van der Waals surface area contributed by atoms with E-state index in [0.29, 0.717) is 13.2 Å². The Bertz CT molecular complexity index is 457. The van der Waals surface area contributed by atoms with E-state index in [4.69, 9.17) is 4.84 Å². The van der Waals surface area contributed by atoms with Crippen molar-refractivity contribution >= 4 is 0 Å². The zero-order valence-electron chi connectivity index (χ0n) is 9.89. The van der Waals surface area contributed by atoms with Crippen molar-refractivity contribution in [1.82, 2.24) is 10.5 Å². The summed E-state index contributed by atoms with van der Waals surface area (Å²) >= 11 is 0. The molecule has 0 fully saturated rings. The van der Waals surface area contributed by atoms with Crippen LogP contribution in [0, 0.1) is 6.92 Å². The highest BCUT2D eigenvalue weighted by Crippen LogP contribution is 2.04. The van der Waals surface area contributed by atoms with Crippen molar-refractivity contribution in [2.75, 3.05) is 0 Å². The first-order chi connectivity index (χ1) is 8.36. The molecule has 0 atom stereocenters. The van der Waals surface area contributed by atoms with Crippen molar-refractivity contribution in [3.8, 4) is 0 Å². The van der Waals surface area contributed by atoms with Crippen LogP contribution in [-0.4, -0.2) is 4.98 Å². The van der Waals surface area contributed by atoms with E-state index in [0.717, 1.165) is 11.1 Å². The van der Waals surface area contributed by atoms with E-state index in [9.17, 15) is 0 Å². The quantitative estimate of drug-likeness (QED) is 0.631. The largest absolute Gasteiger partial charge is 0.297 e. The number of nitrogens with zero attached hydrogens (tertiary/aromatic N) is 1. The molecule has 17 heavy (non-hydrogen) atoms. The van der Waals surface area contributed by atoms with Crippen LogP contribution < -0.4 is 5.48 Å². The predicted molar refractivity (Wildman–Crippen MR) is 67.0 cm³/mol. The fraction of sp³-hybridized carbons (Fsp3) is 0.214. The van der Waals surface area contributed by atoms with Crippen LogP contribution in [0.1, 0.15) is 16.7 Å². The Balaban J connectivity index is 1.76. The number of aryl methyl sites for hydroxylation is 1. The van der Waals surface area contributed by atoms with E-state index in [1.54, 1.807) is 6.20 Å². The van der Waals surface area contributed by atoms with E-state index in [1.165, 1.54) is 5.56 Å². The Morgan fingerprint density at radius 3 is 2.76 bits per heavy atom. The van der Waals surface area contributed by atoms with Crippen molar-refractivity contribution in [3.63, 3.8) is 0 Å². The second kappa shape index (κ2) is 6.13. The third kappa shape index (κ3) is 3.66. The summed E-state index contributed by atoms with van der Waals surface area (Å²) in [5.41, 5.74) is 6.48. The monoisotopic (exact) mass is 228 g/mol. The minimum absolute atomic E-state index is 0.570. The molecule has 3 heteroatoms. The van der Waals surface area contributed by atoms with Gasteiger partial charge in [0.2, 0.25) is 0 Å². The summed E-state index contributed by atoms with van der Waals surface area (Å²) < 4.78 is 0. The molecule has 88 valence electrons. The fourth-order valence-electron chi connectivity index (χ4n) is 1.52. The molecule has 0 aliphatic heterocycles. The number of hydrogen-bond donors (Lipinski definition) is 1. The van der Waals surface area contributed by atoms with Gasteiger partial charge in [0, 0.05) is 18.9 Å². The molecule has 0 saturated heterocycles. The summed E-state index contributed by atoms with van der Waals surface area (Å²) in [4.78, 5) is 9.49. The highest BCUT2D eigenvalue weighted by atomic mass is 16.6. The molecule has 1 aromatic carbocycles. The van der Waals surface area contributed by atoms with Crippen LogP contribution in [0.2, 0.25) is 0 Å². The molecule has 2 aromatic rings. The first-order valence-corrected chi connectivity index (χ1v) is 5.64. The maximum absolute atomic E-state index is 5.40. The number of aromatic nitrogens is 1. The zero-order chi connectivity index (χ0) is 11.9. The number of pyridine rings is 1. The molecule has 0 spiro atoms. The van der Waals surface area contributed by atoms with E-state index < -0.39 is 0 Å². The highest BCUT2D eigenvalue weighted by Gasteiger charge is 1.97. The Morgan fingerprint density at radius 2 is 2.00 bits per heavy atom. The summed E-state index contributed by atoms with van der Waals surface area (Å²) in [5.74, 6) is 0. The number of hydroxylamine groups is 1. The standard InChI is InChI=1S/C14H16N2O/c1-12-7-8-15-9-14(12)10-16-17-11-13-5-3-2-4-6-13/h2-9,16H,10-11H2,1H3. The first kappa shape index (κ1) is 11.8. The molecule has 1 N–H and O–H groups in total. The third-order valence-corrected chi connectivity index (χ3v) is 2.59. The van der Waals surface area contributed by atoms with Crippen molar-refractivity contribution in [2.45, 2.75) is 20.1 Å². The van der Waals surface area contributed by atoms with Gasteiger partial charge < -0.3 is 0 Å². The molecule has 0 saturated carbocycles. The lowest BCUT2D eigenvalue weighted by atomic mass is 10.2. The minimum Gasteiger partial charge on any atom is -0.297 e. The van der Waals surface area contributed by atoms with Gasteiger partial charge in [0.25, 0.3) is 0 Å². The number of hydrogen-bond acceptors (Lipinski definition) is 3. The molecule has 3 nitrogen and oxygen atoms in total. The van der Waals surface area contributed by atoms with Crippen LogP contribution in [0.3, 0.4) is 0 Å². The number of benzene rings is 1. The average molecular weight is 228 g/mol. The summed E-state index contributed by atoms with van der Waals surface area (Å²) in [6.45, 7) is 3.31. The molecule has 0 bridgehead atoms. The molecular weight excluding hydrogens is 212 g/mol. The van der Waals surface area contributed by atoms with Gasteiger partial charge in [-0.3, -0.25) is 9.82 Å². The van der Waals surface area contributed by atoms with Gasteiger partial charge in [-0.1, -0.05) is 30.3 Å². The van der Waals surface area contributed by atoms with Gasteiger partial charge in [-0.2, -0.15) is 5.48 Å². The zero-order valence-corrected chi connectivity index (χ0v) is 9.89. The number of rotatable bonds is 5. The molecule has 2 rings (SSSR count).